The van der Waals surface area contributed by atoms with Crippen LogP contribution in [-0.4, -0.2) is 58.8 Å². The van der Waals surface area contributed by atoms with E-state index in [-0.39, 0.29) is 24.3 Å². The first-order valence-electron chi connectivity index (χ1n) is 10.8. The minimum atomic E-state index is -0.661. The Kier molecular flexibility index (Phi) is 7.47. The van der Waals surface area contributed by atoms with Crippen LogP contribution in [0.3, 0.4) is 0 Å². The number of hydrogen-bond acceptors (Lipinski definition) is 7. The third kappa shape index (κ3) is 6.35. The molecule has 0 saturated carbocycles. The predicted octanol–water partition coefficient (Wildman–Crippen LogP) is 4.59. The quantitative estimate of drug-likeness (QED) is 0.471. The zero-order valence-electron chi connectivity index (χ0n) is 19.8. The molecule has 8 nitrogen and oxygen atoms in total. The van der Waals surface area contributed by atoms with E-state index < -0.39 is 29.7 Å². The summed E-state index contributed by atoms with van der Waals surface area (Å²) in [4.78, 5) is 35.0. The first-order chi connectivity index (χ1) is 15.5. The van der Waals surface area contributed by atoms with Gasteiger partial charge in [-0.1, -0.05) is 18.2 Å². The molecule has 9 heteroatoms. The molecule has 1 amide bonds. The highest BCUT2D eigenvalue weighted by molar-refractivity contribution is 6.28. The van der Waals surface area contributed by atoms with Gasteiger partial charge in [-0.05, 0) is 57.3 Å². The molecule has 2 atom stereocenters. The highest BCUT2D eigenvalue weighted by Gasteiger charge is 2.37. The van der Waals surface area contributed by atoms with Crippen LogP contribution in [0.15, 0.2) is 24.3 Å². The lowest BCUT2D eigenvalue weighted by atomic mass is 9.96. The number of nitrogens with zero attached hydrogens (tertiary/aromatic N) is 3. The van der Waals surface area contributed by atoms with E-state index in [1.807, 2.05) is 32.0 Å². The first kappa shape index (κ1) is 24.8. The number of aromatic nitrogens is 2. The van der Waals surface area contributed by atoms with E-state index in [4.69, 9.17) is 25.8 Å². The smallest absolute Gasteiger partial charge is 0.410 e. The number of aryl methyl sites for hydroxylation is 2. The van der Waals surface area contributed by atoms with Gasteiger partial charge in [0.2, 0.25) is 11.2 Å². The minimum Gasteiger partial charge on any atom is -0.472 e. The van der Waals surface area contributed by atoms with Gasteiger partial charge in [0.05, 0.1) is 25.3 Å². The standard InChI is InChI=1S/C24H30ClN3O5/c1-14-8-7-9-15(2)20(14)18-11-19(27-22(25)26-18)32-17-10-16(21(29)31-6)12-28(13-17)23(30)33-24(3,4)5/h7-9,11,16-17H,10,12-13H2,1-6H3. The maximum absolute atomic E-state index is 12.7. The number of carbonyl (C=O) groups excluding carboxylic acids is 2. The maximum Gasteiger partial charge on any atom is 0.410 e. The van der Waals surface area contributed by atoms with Crippen LogP contribution in [-0.2, 0) is 14.3 Å². The van der Waals surface area contributed by atoms with Crippen molar-refractivity contribution in [1.82, 2.24) is 14.9 Å². The number of ether oxygens (including phenoxy) is 3. The molecule has 0 spiro atoms. The van der Waals surface area contributed by atoms with Crippen molar-refractivity contribution in [1.29, 1.82) is 0 Å². The molecule has 1 aromatic carbocycles. The van der Waals surface area contributed by atoms with Crippen LogP contribution in [0.4, 0.5) is 4.79 Å². The van der Waals surface area contributed by atoms with Crippen molar-refractivity contribution in [3.8, 4) is 17.1 Å². The average Bonchev–Trinajstić information content (AvgIpc) is 2.71. The molecule has 2 unspecified atom stereocenters. The number of esters is 1. The first-order valence-corrected chi connectivity index (χ1v) is 11.2. The van der Waals surface area contributed by atoms with Crippen molar-refractivity contribution >= 4 is 23.7 Å². The fourth-order valence-corrected chi connectivity index (χ4v) is 4.10. The van der Waals surface area contributed by atoms with E-state index >= 15 is 0 Å². The van der Waals surface area contributed by atoms with Gasteiger partial charge in [-0.3, -0.25) is 4.79 Å². The van der Waals surface area contributed by atoms with E-state index in [9.17, 15) is 9.59 Å². The van der Waals surface area contributed by atoms with Gasteiger partial charge >= 0.3 is 12.1 Å². The van der Waals surface area contributed by atoms with E-state index in [0.717, 1.165) is 16.7 Å². The molecule has 0 N–H and O–H groups in total. The van der Waals surface area contributed by atoms with Crippen LogP contribution >= 0.6 is 11.6 Å². The van der Waals surface area contributed by atoms with E-state index in [2.05, 4.69) is 9.97 Å². The van der Waals surface area contributed by atoms with Gasteiger partial charge in [0.1, 0.15) is 11.7 Å². The number of methoxy groups -OCH3 is 1. The number of hydrogen-bond donors (Lipinski definition) is 0. The molecule has 1 saturated heterocycles. The highest BCUT2D eigenvalue weighted by Crippen LogP contribution is 2.30. The van der Waals surface area contributed by atoms with Crippen molar-refractivity contribution in [2.45, 2.75) is 52.7 Å². The zero-order valence-corrected chi connectivity index (χ0v) is 20.6. The molecule has 1 aliphatic heterocycles. The SMILES string of the molecule is COC(=O)C1CC(Oc2cc(-c3c(C)cccc3C)nc(Cl)n2)CN(C(=O)OC(C)(C)C)C1. The Labute approximate surface area is 199 Å². The molecule has 0 radical (unpaired) electrons. The Morgan fingerprint density at radius 3 is 2.39 bits per heavy atom. The number of halogens is 1. The normalized spacial score (nSPS) is 18.6. The maximum atomic E-state index is 12.7. The lowest BCUT2D eigenvalue weighted by Gasteiger charge is -2.37. The van der Waals surface area contributed by atoms with Gasteiger partial charge in [0.25, 0.3) is 0 Å². The number of carbonyl (C=O) groups is 2. The van der Waals surface area contributed by atoms with Crippen LogP contribution in [0, 0.1) is 19.8 Å². The van der Waals surface area contributed by atoms with Crippen molar-refractivity contribution < 1.29 is 23.8 Å². The summed E-state index contributed by atoms with van der Waals surface area (Å²) in [7, 11) is 1.33. The number of rotatable bonds is 4. The molecule has 0 aliphatic carbocycles. The summed E-state index contributed by atoms with van der Waals surface area (Å²) < 4.78 is 16.5. The van der Waals surface area contributed by atoms with Crippen LogP contribution in [0.2, 0.25) is 5.28 Å². The third-order valence-electron chi connectivity index (χ3n) is 5.30. The molecule has 1 aliphatic rings. The fourth-order valence-electron chi connectivity index (χ4n) is 3.93. The van der Waals surface area contributed by atoms with E-state index in [0.29, 0.717) is 12.1 Å². The number of piperidine rings is 1. The highest BCUT2D eigenvalue weighted by atomic mass is 35.5. The summed E-state index contributed by atoms with van der Waals surface area (Å²) in [6.45, 7) is 9.80. The molecule has 3 rings (SSSR count). The van der Waals surface area contributed by atoms with E-state index in [1.165, 1.54) is 12.0 Å². The molecule has 178 valence electrons. The van der Waals surface area contributed by atoms with Gasteiger partial charge in [-0.15, -0.1) is 0 Å². The largest absolute Gasteiger partial charge is 0.472 e. The second-order valence-electron chi connectivity index (χ2n) is 9.21. The molecule has 33 heavy (non-hydrogen) atoms. The summed E-state index contributed by atoms with van der Waals surface area (Å²) in [6.07, 6.45) is -0.652. The zero-order chi connectivity index (χ0) is 24.3. The molecule has 2 heterocycles. The van der Waals surface area contributed by atoms with Crippen LogP contribution in [0.1, 0.15) is 38.3 Å². The summed E-state index contributed by atoms with van der Waals surface area (Å²) in [5.41, 5.74) is 3.04. The van der Waals surface area contributed by atoms with Crippen LogP contribution in [0.5, 0.6) is 5.88 Å². The molecule has 1 fully saturated rings. The molecule has 2 aromatic rings. The Bertz CT molecular complexity index is 1020. The summed E-state index contributed by atoms with van der Waals surface area (Å²) >= 11 is 6.21. The molecule has 1 aromatic heterocycles. The Hall–Kier alpha value is -2.87. The lowest BCUT2D eigenvalue weighted by Crippen LogP contribution is -2.51. The molecule has 0 bridgehead atoms. The van der Waals surface area contributed by atoms with Crippen molar-refractivity contribution in [2.75, 3.05) is 20.2 Å². The van der Waals surface area contributed by atoms with Gasteiger partial charge in [0, 0.05) is 24.6 Å². The predicted molar refractivity (Wildman–Crippen MR) is 124 cm³/mol. The summed E-state index contributed by atoms with van der Waals surface area (Å²) in [6, 6.07) is 7.70. The van der Waals surface area contributed by atoms with Crippen LogP contribution in [0.25, 0.3) is 11.3 Å². The fraction of sp³-hybridized carbons (Fsp3) is 0.500. The lowest BCUT2D eigenvalue weighted by molar-refractivity contribution is -0.148. The monoisotopic (exact) mass is 475 g/mol. The second kappa shape index (κ2) is 9.95. The Balaban J connectivity index is 1.87. The number of likely N-dealkylation sites (tertiary alicyclic amines) is 1. The van der Waals surface area contributed by atoms with Gasteiger partial charge in [-0.2, -0.15) is 4.98 Å². The molecular formula is C24H30ClN3O5. The average molecular weight is 476 g/mol. The molecular weight excluding hydrogens is 446 g/mol. The Morgan fingerprint density at radius 2 is 1.79 bits per heavy atom. The second-order valence-corrected chi connectivity index (χ2v) is 9.55. The number of amides is 1. The van der Waals surface area contributed by atoms with E-state index in [1.54, 1.807) is 26.8 Å². The summed E-state index contributed by atoms with van der Waals surface area (Å²) in [5.74, 6) is -0.683. The van der Waals surface area contributed by atoms with Crippen LogP contribution < -0.4 is 4.74 Å². The Morgan fingerprint density at radius 1 is 1.12 bits per heavy atom. The van der Waals surface area contributed by atoms with Gasteiger partial charge in [-0.25, -0.2) is 9.78 Å². The number of benzene rings is 1. The van der Waals surface area contributed by atoms with Crippen molar-refractivity contribution in [3.63, 3.8) is 0 Å². The summed E-state index contributed by atoms with van der Waals surface area (Å²) in [5, 5.41) is 0.0504. The van der Waals surface area contributed by atoms with Gasteiger partial charge in [0.15, 0.2) is 0 Å². The van der Waals surface area contributed by atoms with Crippen molar-refractivity contribution in [3.05, 3.63) is 40.7 Å². The van der Waals surface area contributed by atoms with Gasteiger partial charge < -0.3 is 19.1 Å². The third-order valence-corrected chi connectivity index (χ3v) is 5.47. The minimum absolute atomic E-state index is 0.0504. The van der Waals surface area contributed by atoms with Crippen molar-refractivity contribution in [2.24, 2.45) is 5.92 Å². The topological polar surface area (TPSA) is 90.9 Å².